The Hall–Kier alpha value is -4.11. The molecule has 1 aliphatic rings. The molecule has 1 aliphatic carbocycles. The summed E-state index contributed by atoms with van der Waals surface area (Å²) in [7, 11) is 0. The molecule has 34 heavy (non-hydrogen) atoms. The molecule has 5 rings (SSSR count). The zero-order valence-corrected chi connectivity index (χ0v) is 18.9. The number of rotatable bonds is 7. The van der Waals surface area contributed by atoms with Crippen molar-refractivity contribution in [2.45, 2.75) is 26.1 Å². The van der Waals surface area contributed by atoms with Crippen molar-refractivity contribution < 1.29 is 14.3 Å². The predicted molar refractivity (Wildman–Crippen MR) is 135 cm³/mol. The van der Waals surface area contributed by atoms with Crippen LogP contribution in [0.15, 0.2) is 109 Å². The van der Waals surface area contributed by atoms with Crippen LogP contribution in [0.3, 0.4) is 0 Å². The Morgan fingerprint density at radius 1 is 0.647 bits per heavy atom. The molecule has 0 spiro atoms. The van der Waals surface area contributed by atoms with Crippen LogP contribution in [-0.4, -0.2) is 5.78 Å². The largest absolute Gasteiger partial charge is 0.485 e. The molecule has 0 N–H and O–H groups in total. The summed E-state index contributed by atoms with van der Waals surface area (Å²) in [5.74, 6) is 1.46. The van der Waals surface area contributed by atoms with Gasteiger partial charge in [-0.3, -0.25) is 4.79 Å². The first-order valence-electron chi connectivity index (χ1n) is 11.6. The van der Waals surface area contributed by atoms with Crippen LogP contribution in [0.2, 0.25) is 0 Å². The number of carbonyl (C=O) groups is 1. The van der Waals surface area contributed by atoms with E-state index in [-0.39, 0.29) is 5.78 Å². The van der Waals surface area contributed by atoms with Crippen LogP contribution >= 0.6 is 0 Å². The lowest BCUT2D eigenvalue weighted by Crippen LogP contribution is -2.13. The molecule has 0 saturated carbocycles. The summed E-state index contributed by atoms with van der Waals surface area (Å²) in [4.78, 5) is 13.0. The maximum atomic E-state index is 13.0. The smallest absolute Gasteiger partial charge is 0.189 e. The number of ketones is 1. The van der Waals surface area contributed by atoms with Gasteiger partial charge in [-0.05, 0) is 53.3 Å². The van der Waals surface area contributed by atoms with E-state index in [0.717, 1.165) is 46.2 Å². The third-order valence-electron chi connectivity index (χ3n) is 6.00. The van der Waals surface area contributed by atoms with Gasteiger partial charge in [0.25, 0.3) is 0 Å². The number of aryl methyl sites for hydroxylation is 1. The maximum Gasteiger partial charge on any atom is 0.189 e. The summed E-state index contributed by atoms with van der Waals surface area (Å²) in [6.45, 7) is 0.896. The highest BCUT2D eigenvalue weighted by Gasteiger charge is 2.21. The number of hydrogen-bond donors (Lipinski definition) is 0. The first-order valence-corrected chi connectivity index (χ1v) is 11.6. The number of fused-ring (bicyclic) bond motifs is 1. The molecule has 0 aromatic heterocycles. The monoisotopic (exact) mass is 446 g/mol. The molecule has 0 radical (unpaired) electrons. The number of ether oxygens (including phenoxy) is 2. The van der Waals surface area contributed by atoms with E-state index in [9.17, 15) is 4.79 Å². The van der Waals surface area contributed by atoms with Crippen molar-refractivity contribution in [3.8, 4) is 11.5 Å². The van der Waals surface area contributed by atoms with Crippen LogP contribution in [0.4, 0.5) is 0 Å². The topological polar surface area (TPSA) is 35.5 Å². The molecule has 0 fully saturated rings. The number of hydrogen-bond acceptors (Lipinski definition) is 3. The second kappa shape index (κ2) is 10.2. The highest BCUT2D eigenvalue weighted by atomic mass is 16.5. The standard InChI is InChI=1S/C31H26O3/c32-31-27(17-16-26-13-7-8-14-28(26)31)19-25-15-18-29(33-21-23-9-3-1-4-10-23)30(20-25)34-22-24-11-5-2-6-12-24/h1-15,18-20H,16-17,21-22H2. The Morgan fingerprint density at radius 2 is 1.26 bits per heavy atom. The van der Waals surface area contributed by atoms with Crippen LogP contribution in [0.1, 0.15) is 39.0 Å². The van der Waals surface area contributed by atoms with Crippen molar-refractivity contribution in [2.24, 2.45) is 0 Å². The van der Waals surface area contributed by atoms with E-state index in [2.05, 4.69) is 0 Å². The third kappa shape index (κ3) is 5.10. The normalized spacial score (nSPS) is 14.0. The summed E-state index contributed by atoms with van der Waals surface area (Å²) in [5.41, 5.74) is 5.86. The zero-order chi connectivity index (χ0) is 23.2. The molecular formula is C31H26O3. The van der Waals surface area contributed by atoms with Gasteiger partial charge in [0.1, 0.15) is 13.2 Å². The molecule has 0 amide bonds. The first-order chi connectivity index (χ1) is 16.8. The first kappa shape index (κ1) is 21.7. The fourth-order valence-electron chi connectivity index (χ4n) is 4.17. The minimum absolute atomic E-state index is 0.109. The van der Waals surface area contributed by atoms with Crippen molar-refractivity contribution in [3.05, 3.63) is 137 Å². The summed E-state index contributed by atoms with van der Waals surface area (Å²) < 4.78 is 12.3. The molecule has 0 aliphatic heterocycles. The summed E-state index contributed by atoms with van der Waals surface area (Å²) in [6.07, 6.45) is 3.60. The fraction of sp³-hybridized carbons (Fsp3) is 0.129. The van der Waals surface area contributed by atoms with Gasteiger partial charge < -0.3 is 9.47 Å². The van der Waals surface area contributed by atoms with Crippen molar-refractivity contribution in [1.29, 1.82) is 0 Å². The number of benzene rings is 4. The van der Waals surface area contributed by atoms with E-state index in [1.54, 1.807) is 0 Å². The number of Topliss-reactive ketones (excluding diaryl/α,β-unsaturated/α-hetero) is 1. The van der Waals surface area contributed by atoms with Gasteiger partial charge >= 0.3 is 0 Å². The zero-order valence-electron chi connectivity index (χ0n) is 18.9. The molecule has 168 valence electrons. The average Bonchev–Trinajstić information content (AvgIpc) is 2.90. The summed E-state index contributed by atoms with van der Waals surface area (Å²) in [6, 6.07) is 33.9. The molecule has 4 aromatic rings. The van der Waals surface area contributed by atoms with Gasteiger partial charge in [-0.2, -0.15) is 0 Å². The molecule has 0 atom stereocenters. The molecule has 0 bridgehead atoms. The van der Waals surface area contributed by atoms with Crippen LogP contribution in [0.5, 0.6) is 11.5 Å². The lowest BCUT2D eigenvalue weighted by atomic mass is 9.86. The Kier molecular flexibility index (Phi) is 6.53. The molecular weight excluding hydrogens is 420 g/mol. The molecule has 0 unspecified atom stereocenters. The Bertz CT molecular complexity index is 1310. The van der Waals surface area contributed by atoms with Gasteiger partial charge in [0.15, 0.2) is 17.3 Å². The second-order valence-electron chi connectivity index (χ2n) is 8.41. The van der Waals surface area contributed by atoms with E-state index in [4.69, 9.17) is 9.47 Å². The van der Waals surface area contributed by atoms with Gasteiger partial charge in [-0.1, -0.05) is 91.0 Å². The van der Waals surface area contributed by atoms with E-state index in [0.29, 0.717) is 24.7 Å². The summed E-state index contributed by atoms with van der Waals surface area (Å²) in [5, 5.41) is 0. The van der Waals surface area contributed by atoms with Crippen LogP contribution in [-0.2, 0) is 19.6 Å². The average molecular weight is 447 g/mol. The lowest BCUT2D eigenvalue weighted by molar-refractivity contribution is 0.102. The molecule has 0 saturated heterocycles. The van der Waals surface area contributed by atoms with E-state index >= 15 is 0 Å². The minimum Gasteiger partial charge on any atom is -0.485 e. The molecule has 3 heteroatoms. The molecule has 3 nitrogen and oxygen atoms in total. The molecule has 4 aromatic carbocycles. The van der Waals surface area contributed by atoms with Crippen LogP contribution in [0.25, 0.3) is 6.08 Å². The Labute approximate surface area is 200 Å². The van der Waals surface area contributed by atoms with Crippen LogP contribution in [0, 0.1) is 0 Å². The number of carbonyl (C=O) groups excluding carboxylic acids is 1. The Balaban J connectivity index is 1.40. The summed E-state index contributed by atoms with van der Waals surface area (Å²) >= 11 is 0. The van der Waals surface area contributed by atoms with Crippen molar-refractivity contribution in [2.75, 3.05) is 0 Å². The quantitative estimate of drug-likeness (QED) is 0.285. The molecule has 0 heterocycles. The van der Waals surface area contributed by atoms with Crippen molar-refractivity contribution >= 4 is 11.9 Å². The fourth-order valence-corrected chi connectivity index (χ4v) is 4.17. The lowest BCUT2D eigenvalue weighted by Gasteiger charge is -2.18. The maximum absolute atomic E-state index is 13.0. The van der Waals surface area contributed by atoms with Gasteiger partial charge in [0.2, 0.25) is 0 Å². The number of allylic oxidation sites excluding steroid dienone is 1. The van der Waals surface area contributed by atoms with Gasteiger partial charge in [-0.25, -0.2) is 0 Å². The van der Waals surface area contributed by atoms with E-state index in [1.165, 1.54) is 0 Å². The van der Waals surface area contributed by atoms with Gasteiger partial charge in [-0.15, -0.1) is 0 Å². The van der Waals surface area contributed by atoms with Gasteiger partial charge in [0.05, 0.1) is 0 Å². The van der Waals surface area contributed by atoms with E-state index < -0.39 is 0 Å². The second-order valence-corrected chi connectivity index (χ2v) is 8.41. The SMILES string of the molecule is O=C1C(=Cc2ccc(OCc3ccccc3)c(OCc3ccccc3)c2)CCc2ccccc21. The minimum atomic E-state index is 0.109. The Morgan fingerprint density at radius 3 is 1.97 bits per heavy atom. The van der Waals surface area contributed by atoms with E-state index in [1.807, 2.05) is 109 Å². The van der Waals surface area contributed by atoms with Crippen molar-refractivity contribution in [3.63, 3.8) is 0 Å². The van der Waals surface area contributed by atoms with Crippen LogP contribution < -0.4 is 9.47 Å². The highest BCUT2D eigenvalue weighted by Crippen LogP contribution is 2.32. The predicted octanol–water partition coefficient (Wildman–Crippen LogP) is 7.06. The highest BCUT2D eigenvalue weighted by molar-refractivity contribution is 6.13. The third-order valence-corrected chi connectivity index (χ3v) is 6.00. The van der Waals surface area contributed by atoms with Gasteiger partial charge in [0, 0.05) is 11.1 Å². The van der Waals surface area contributed by atoms with Crippen molar-refractivity contribution in [1.82, 2.24) is 0 Å².